The summed E-state index contributed by atoms with van der Waals surface area (Å²) in [6.45, 7) is 2.58. The van der Waals surface area contributed by atoms with Crippen LogP contribution in [0.5, 0.6) is 0 Å². The van der Waals surface area contributed by atoms with Crippen LogP contribution in [0, 0.1) is 0 Å². The van der Waals surface area contributed by atoms with Gasteiger partial charge in [-0.1, -0.05) is 36.3 Å². The minimum absolute atomic E-state index is 0.00402. The molecule has 1 aromatic heterocycles. The first-order valence-electron chi connectivity index (χ1n) is 8.67. The van der Waals surface area contributed by atoms with E-state index in [-0.39, 0.29) is 5.91 Å². The Morgan fingerprint density at radius 3 is 2.42 bits per heavy atom. The van der Waals surface area contributed by atoms with Crippen molar-refractivity contribution in [1.29, 1.82) is 0 Å². The van der Waals surface area contributed by atoms with Gasteiger partial charge in [0.1, 0.15) is 0 Å². The molecule has 1 amide bonds. The summed E-state index contributed by atoms with van der Waals surface area (Å²) in [4.78, 5) is 16.3. The van der Waals surface area contributed by atoms with E-state index in [2.05, 4.69) is 15.5 Å². The number of carbonyl (C=O) groups excluding carboxylic acids is 1. The lowest BCUT2D eigenvalue weighted by Gasteiger charge is -2.06. The standard InChI is InChI=1S/C20H22N4O2/c1-2-18-23-20(26-24-18)16-7-3-14(4-8-16)11-12-22-19(25)13-15-5-9-17(21)10-6-15/h3-10H,2,11-13,21H2,1H3,(H,22,25). The average Bonchev–Trinajstić information content (AvgIpc) is 3.13. The number of rotatable bonds is 7. The molecule has 0 aliphatic carbocycles. The first-order valence-corrected chi connectivity index (χ1v) is 8.67. The fourth-order valence-electron chi connectivity index (χ4n) is 2.56. The van der Waals surface area contributed by atoms with Crippen molar-refractivity contribution in [2.75, 3.05) is 12.3 Å². The molecule has 3 rings (SSSR count). The van der Waals surface area contributed by atoms with E-state index in [1.54, 1.807) is 12.1 Å². The van der Waals surface area contributed by atoms with Crippen molar-refractivity contribution in [1.82, 2.24) is 15.5 Å². The van der Waals surface area contributed by atoms with Crippen molar-refractivity contribution in [3.05, 3.63) is 65.5 Å². The molecule has 0 atom stereocenters. The highest BCUT2D eigenvalue weighted by molar-refractivity contribution is 5.78. The summed E-state index contributed by atoms with van der Waals surface area (Å²) in [7, 11) is 0. The number of hydrogen-bond acceptors (Lipinski definition) is 5. The Morgan fingerprint density at radius 1 is 1.08 bits per heavy atom. The normalized spacial score (nSPS) is 10.7. The summed E-state index contributed by atoms with van der Waals surface area (Å²) in [5, 5.41) is 6.84. The molecule has 1 heterocycles. The predicted molar refractivity (Wildman–Crippen MR) is 100 cm³/mol. The van der Waals surface area contributed by atoms with Gasteiger partial charge in [-0.3, -0.25) is 4.79 Å². The van der Waals surface area contributed by atoms with E-state index in [1.807, 2.05) is 43.3 Å². The number of carbonyl (C=O) groups is 1. The van der Waals surface area contributed by atoms with Crippen molar-refractivity contribution in [3.8, 4) is 11.5 Å². The van der Waals surface area contributed by atoms with Gasteiger partial charge in [-0.2, -0.15) is 4.98 Å². The lowest BCUT2D eigenvalue weighted by atomic mass is 10.1. The summed E-state index contributed by atoms with van der Waals surface area (Å²) in [5.41, 5.74) is 9.33. The minimum Gasteiger partial charge on any atom is -0.399 e. The molecular weight excluding hydrogens is 328 g/mol. The van der Waals surface area contributed by atoms with E-state index in [9.17, 15) is 4.79 Å². The van der Waals surface area contributed by atoms with E-state index < -0.39 is 0 Å². The number of amides is 1. The van der Waals surface area contributed by atoms with Crippen molar-refractivity contribution < 1.29 is 9.32 Å². The van der Waals surface area contributed by atoms with Gasteiger partial charge >= 0.3 is 0 Å². The van der Waals surface area contributed by atoms with Crippen LogP contribution in [0.1, 0.15) is 23.9 Å². The Bertz CT molecular complexity index is 854. The summed E-state index contributed by atoms with van der Waals surface area (Å²) in [5.74, 6) is 1.24. The molecule has 6 nitrogen and oxygen atoms in total. The Kier molecular flexibility index (Phi) is 5.63. The highest BCUT2D eigenvalue weighted by atomic mass is 16.5. The number of nitrogens with one attached hydrogen (secondary N) is 1. The molecule has 0 aliphatic heterocycles. The summed E-state index contributed by atoms with van der Waals surface area (Å²) >= 11 is 0. The maximum atomic E-state index is 12.0. The largest absolute Gasteiger partial charge is 0.399 e. The molecule has 0 aliphatic rings. The second-order valence-corrected chi connectivity index (χ2v) is 6.08. The molecule has 0 saturated heterocycles. The molecule has 2 aromatic carbocycles. The molecule has 0 unspecified atom stereocenters. The summed E-state index contributed by atoms with van der Waals surface area (Å²) < 4.78 is 5.23. The molecule has 3 aromatic rings. The Hall–Kier alpha value is -3.15. The molecule has 0 spiro atoms. The van der Waals surface area contributed by atoms with E-state index in [1.165, 1.54) is 0 Å². The topological polar surface area (TPSA) is 94.0 Å². The molecule has 0 bridgehead atoms. The van der Waals surface area contributed by atoms with Crippen LogP contribution in [0.15, 0.2) is 53.1 Å². The second kappa shape index (κ2) is 8.29. The highest BCUT2D eigenvalue weighted by Crippen LogP contribution is 2.18. The van der Waals surface area contributed by atoms with Crippen LogP contribution in [-0.4, -0.2) is 22.6 Å². The number of aromatic nitrogens is 2. The van der Waals surface area contributed by atoms with Crippen molar-refractivity contribution >= 4 is 11.6 Å². The quantitative estimate of drug-likeness (QED) is 0.639. The van der Waals surface area contributed by atoms with Gasteiger partial charge in [0, 0.05) is 24.2 Å². The third-order valence-electron chi connectivity index (χ3n) is 4.07. The lowest BCUT2D eigenvalue weighted by molar-refractivity contribution is -0.120. The number of benzene rings is 2. The Labute approximate surface area is 152 Å². The fourth-order valence-corrected chi connectivity index (χ4v) is 2.56. The maximum Gasteiger partial charge on any atom is 0.257 e. The van der Waals surface area contributed by atoms with Crippen molar-refractivity contribution in [3.63, 3.8) is 0 Å². The zero-order valence-electron chi connectivity index (χ0n) is 14.7. The molecule has 0 fully saturated rings. The lowest BCUT2D eigenvalue weighted by Crippen LogP contribution is -2.27. The number of nitrogen functional groups attached to an aromatic ring is 1. The van der Waals surface area contributed by atoms with Crippen LogP contribution in [0.4, 0.5) is 5.69 Å². The predicted octanol–water partition coefficient (Wildman–Crippen LogP) is 2.78. The molecule has 0 radical (unpaired) electrons. The van der Waals surface area contributed by atoms with Crippen LogP contribution in [0.25, 0.3) is 11.5 Å². The molecule has 26 heavy (non-hydrogen) atoms. The molecular formula is C20H22N4O2. The number of nitrogens with two attached hydrogens (primary N) is 1. The monoisotopic (exact) mass is 350 g/mol. The molecule has 0 saturated carbocycles. The number of aryl methyl sites for hydroxylation is 1. The Morgan fingerprint density at radius 2 is 1.77 bits per heavy atom. The van der Waals surface area contributed by atoms with E-state index in [0.717, 1.165) is 29.5 Å². The highest BCUT2D eigenvalue weighted by Gasteiger charge is 2.07. The SMILES string of the molecule is CCc1noc(-c2ccc(CCNC(=O)Cc3ccc(N)cc3)cc2)n1. The minimum atomic E-state index is 0.00402. The third kappa shape index (κ3) is 4.69. The second-order valence-electron chi connectivity index (χ2n) is 6.08. The van der Waals surface area contributed by atoms with Crippen LogP contribution >= 0.6 is 0 Å². The van der Waals surface area contributed by atoms with Gasteiger partial charge in [0.15, 0.2) is 5.82 Å². The van der Waals surface area contributed by atoms with Gasteiger partial charge in [0.2, 0.25) is 5.91 Å². The summed E-state index contributed by atoms with van der Waals surface area (Å²) in [6, 6.07) is 15.3. The van der Waals surface area contributed by atoms with Gasteiger partial charge in [-0.05, 0) is 41.8 Å². The Balaban J connectivity index is 1.47. The van der Waals surface area contributed by atoms with Crippen LogP contribution < -0.4 is 11.1 Å². The zero-order chi connectivity index (χ0) is 18.4. The van der Waals surface area contributed by atoms with E-state index in [4.69, 9.17) is 10.3 Å². The molecule has 3 N–H and O–H groups in total. The van der Waals surface area contributed by atoms with E-state index in [0.29, 0.717) is 30.4 Å². The zero-order valence-corrected chi connectivity index (χ0v) is 14.7. The van der Waals surface area contributed by atoms with Gasteiger partial charge in [0.25, 0.3) is 5.89 Å². The fraction of sp³-hybridized carbons (Fsp3) is 0.250. The first kappa shape index (κ1) is 17.7. The van der Waals surface area contributed by atoms with E-state index >= 15 is 0 Å². The van der Waals surface area contributed by atoms with Gasteiger partial charge in [0.05, 0.1) is 6.42 Å². The maximum absolute atomic E-state index is 12.0. The van der Waals surface area contributed by atoms with Crippen LogP contribution in [0.2, 0.25) is 0 Å². The molecule has 134 valence electrons. The number of anilines is 1. The first-order chi connectivity index (χ1) is 12.6. The number of nitrogens with zero attached hydrogens (tertiary/aromatic N) is 2. The third-order valence-corrected chi connectivity index (χ3v) is 4.07. The smallest absolute Gasteiger partial charge is 0.257 e. The van der Waals surface area contributed by atoms with Gasteiger partial charge < -0.3 is 15.6 Å². The summed E-state index contributed by atoms with van der Waals surface area (Å²) in [6.07, 6.45) is 1.87. The van der Waals surface area contributed by atoms with Gasteiger partial charge in [-0.25, -0.2) is 0 Å². The molecule has 6 heteroatoms. The average molecular weight is 350 g/mol. The van der Waals surface area contributed by atoms with Gasteiger partial charge in [-0.15, -0.1) is 0 Å². The number of hydrogen-bond donors (Lipinski definition) is 2. The van der Waals surface area contributed by atoms with Crippen molar-refractivity contribution in [2.24, 2.45) is 0 Å². The van der Waals surface area contributed by atoms with Crippen LogP contribution in [0.3, 0.4) is 0 Å². The van der Waals surface area contributed by atoms with Crippen molar-refractivity contribution in [2.45, 2.75) is 26.2 Å². The van der Waals surface area contributed by atoms with Crippen LogP contribution in [-0.2, 0) is 24.1 Å².